The molecule has 0 spiro atoms. The molecule has 216 valence electrons. The third-order valence-electron chi connectivity index (χ3n) is 9.36. The van der Waals surface area contributed by atoms with Crippen molar-refractivity contribution >= 4 is 40.0 Å². The largest absolute Gasteiger partial charge is 0.465 e. The summed E-state index contributed by atoms with van der Waals surface area (Å²) in [6, 6.07) is 9.67. The van der Waals surface area contributed by atoms with E-state index in [1.807, 2.05) is 18.2 Å². The molecule has 0 unspecified atom stereocenters. The van der Waals surface area contributed by atoms with Crippen LogP contribution in [0, 0.1) is 5.82 Å². The number of halogens is 2. The van der Waals surface area contributed by atoms with E-state index in [4.69, 9.17) is 26.3 Å². The Balaban J connectivity index is 1.23. The van der Waals surface area contributed by atoms with Crippen molar-refractivity contribution < 1.29 is 19.0 Å². The number of rotatable bonds is 5. The van der Waals surface area contributed by atoms with Gasteiger partial charge in [0.25, 0.3) is 0 Å². The van der Waals surface area contributed by atoms with Gasteiger partial charge < -0.3 is 24.5 Å². The van der Waals surface area contributed by atoms with Crippen LogP contribution in [-0.4, -0.2) is 88.9 Å². The predicted octanol–water partition coefficient (Wildman–Crippen LogP) is 4.79. The van der Waals surface area contributed by atoms with Gasteiger partial charge in [0.1, 0.15) is 18.2 Å². The molecule has 2 aromatic carbocycles. The first kappa shape index (κ1) is 26.5. The lowest BCUT2D eigenvalue weighted by Crippen LogP contribution is -2.56. The minimum absolute atomic E-state index is 0.0406. The number of benzene rings is 2. The number of aromatic nitrogens is 2. The molecule has 1 amide bonds. The Kier molecular flexibility index (Phi) is 6.78. The summed E-state index contributed by atoms with van der Waals surface area (Å²) in [4.78, 5) is 30.2. The van der Waals surface area contributed by atoms with E-state index in [2.05, 4.69) is 21.7 Å². The van der Waals surface area contributed by atoms with Crippen LogP contribution >= 0.6 is 11.6 Å². The molecule has 0 aliphatic carbocycles. The van der Waals surface area contributed by atoms with Gasteiger partial charge in [-0.25, -0.2) is 9.18 Å². The molecular formula is C30H34ClFN6O3. The van der Waals surface area contributed by atoms with Crippen molar-refractivity contribution in [2.75, 3.05) is 49.6 Å². The monoisotopic (exact) mass is 580 g/mol. The molecule has 3 saturated heterocycles. The van der Waals surface area contributed by atoms with Crippen molar-refractivity contribution in [3.8, 4) is 6.01 Å². The molecule has 7 rings (SSSR count). The maximum Gasteiger partial charge on any atom is 0.407 e. The van der Waals surface area contributed by atoms with Gasteiger partial charge in [0.15, 0.2) is 0 Å². The van der Waals surface area contributed by atoms with Crippen LogP contribution in [0.3, 0.4) is 0 Å². The Morgan fingerprint density at radius 1 is 1.10 bits per heavy atom. The van der Waals surface area contributed by atoms with Crippen LogP contribution in [-0.2, 0) is 13.0 Å². The van der Waals surface area contributed by atoms with Crippen molar-refractivity contribution in [3.05, 3.63) is 52.4 Å². The summed E-state index contributed by atoms with van der Waals surface area (Å²) in [5.74, 6) is 0.421. The number of nitrogens with zero attached hydrogens (tertiary/aromatic N) is 6. The van der Waals surface area contributed by atoms with Gasteiger partial charge in [-0.3, -0.25) is 4.90 Å². The van der Waals surface area contributed by atoms with E-state index < -0.39 is 11.9 Å². The lowest BCUT2D eigenvalue weighted by molar-refractivity contribution is 0.114. The van der Waals surface area contributed by atoms with Crippen molar-refractivity contribution in [3.63, 3.8) is 0 Å². The van der Waals surface area contributed by atoms with E-state index in [0.717, 1.165) is 60.4 Å². The van der Waals surface area contributed by atoms with Crippen LogP contribution in [0.2, 0.25) is 5.02 Å². The van der Waals surface area contributed by atoms with Crippen molar-refractivity contribution in [2.24, 2.45) is 0 Å². The van der Waals surface area contributed by atoms with Gasteiger partial charge in [-0.2, -0.15) is 9.97 Å². The Labute approximate surface area is 243 Å². The number of hydrogen-bond donors (Lipinski definition) is 1. The first-order valence-corrected chi connectivity index (χ1v) is 14.9. The zero-order chi connectivity index (χ0) is 28.2. The van der Waals surface area contributed by atoms with Gasteiger partial charge in [0.05, 0.1) is 29.3 Å². The lowest BCUT2D eigenvalue weighted by Gasteiger charge is -2.41. The van der Waals surface area contributed by atoms with Crippen molar-refractivity contribution in [2.45, 2.75) is 56.8 Å². The van der Waals surface area contributed by atoms with Gasteiger partial charge in [0.2, 0.25) is 0 Å². The van der Waals surface area contributed by atoms with E-state index in [0.29, 0.717) is 56.6 Å². The summed E-state index contributed by atoms with van der Waals surface area (Å²) in [6.45, 7) is 4.01. The zero-order valence-corrected chi connectivity index (χ0v) is 23.9. The molecule has 3 aromatic rings. The predicted molar refractivity (Wildman–Crippen MR) is 156 cm³/mol. The molecule has 0 saturated carbocycles. The molecule has 2 bridgehead atoms. The molecule has 11 heteroatoms. The van der Waals surface area contributed by atoms with E-state index in [1.54, 1.807) is 11.0 Å². The second kappa shape index (κ2) is 10.5. The first-order chi connectivity index (χ1) is 19.9. The molecule has 1 N–H and O–H groups in total. The number of carboxylic acid groups (broad SMARTS) is 1. The second-order valence-electron chi connectivity index (χ2n) is 11.7. The highest BCUT2D eigenvalue weighted by molar-refractivity contribution is 6.36. The number of likely N-dealkylation sites (tertiary alicyclic amines) is 1. The molecule has 41 heavy (non-hydrogen) atoms. The van der Waals surface area contributed by atoms with Gasteiger partial charge >= 0.3 is 12.1 Å². The average Bonchev–Trinajstić information content (AvgIpc) is 3.51. The van der Waals surface area contributed by atoms with Crippen LogP contribution < -0.4 is 14.5 Å². The van der Waals surface area contributed by atoms with Crippen LogP contribution in [0.1, 0.15) is 36.9 Å². The van der Waals surface area contributed by atoms with E-state index >= 15 is 0 Å². The summed E-state index contributed by atoms with van der Waals surface area (Å²) in [7, 11) is 2.12. The standard InChI is InChI=1S/C30H34ClFN6O3/c1-35-12-3-5-21(35)17-41-29-33-24-16-36(25-6-2-4-18-7-10-23(32)27(31)26(18)25)13-11-22(24)28(34-29)37-14-19-8-9-20(15-37)38(19)30(39)40/h2,4,6-7,10,19-21H,3,5,8-9,11-17H2,1H3,(H,39,40)/t19-,20+,21-/m0/s1. The fourth-order valence-electron chi connectivity index (χ4n) is 7.22. The third-order valence-corrected chi connectivity index (χ3v) is 9.72. The Hall–Kier alpha value is -3.37. The summed E-state index contributed by atoms with van der Waals surface area (Å²) in [6.07, 6.45) is 3.83. The maximum atomic E-state index is 14.5. The normalized spacial score (nSPS) is 24.3. The van der Waals surface area contributed by atoms with Crippen molar-refractivity contribution in [1.29, 1.82) is 0 Å². The number of likely N-dealkylation sites (N-methyl/N-ethyl adjacent to an activating group) is 1. The minimum atomic E-state index is -0.840. The van der Waals surface area contributed by atoms with E-state index in [-0.39, 0.29) is 17.1 Å². The summed E-state index contributed by atoms with van der Waals surface area (Å²) >= 11 is 6.48. The number of carbonyl (C=O) groups is 1. The van der Waals surface area contributed by atoms with Crippen LogP contribution in [0.25, 0.3) is 10.8 Å². The highest BCUT2D eigenvalue weighted by Crippen LogP contribution is 2.39. The quantitative estimate of drug-likeness (QED) is 0.461. The van der Waals surface area contributed by atoms with Gasteiger partial charge in [-0.05, 0) is 63.2 Å². The number of piperazine rings is 1. The number of amides is 1. The summed E-state index contributed by atoms with van der Waals surface area (Å²) in [5.41, 5.74) is 2.84. The first-order valence-electron chi connectivity index (χ1n) is 14.5. The van der Waals surface area contributed by atoms with Crippen LogP contribution in [0.4, 0.5) is 20.7 Å². The summed E-state index contributed by atoms with van der Waals surface area (Å²) in [5, 5.41) is 11.5. The molecule has 4 aliphatic rings. The van der Waals surface area contributed by atoms with Gasteiger partial charge in [-0.1, -0.05) is 29.8 Å². The zero-order valence-electron chi connectivity index (χ0n) is 23.1. The smallest absolute Gasteiger partial charge is 0.407 e. The lowest BCUT2D eigenvalue weighted by atomic mass is 10.0. The summed E-state index contributed by atoms with van der Waals surface area (Å²) < 4.78 is 20.7. The highest BCUT2D eigenvalue weighted by atomic mass is 35.5. The molecule has 4 aliphatic heterocycles. The molecule has 0 radical (unpaired) electrons. The van der Waals surface area contributed by atoms with E-state index in [9.17, 15) is 14.3 Å². The van der Waals surface area contributed by atoms with Crippen LogP contribution in [0.15, 0.2) is 30.3 Å². The fourth-order valence-corrected chi connectivity index (χ4v) is 7.49. The minimum Gasteiger partial charge on any atom is -0.465 e. The third kappa shape index (κ3) is 4.70. The van der Waals surface area contributed by atoms with Gasteiger partial charge in [0, 0.05) is 42.3 Å². The topological polar surface area (TPSA) is 85.3 Å². The Morgan fingerprint density at radius 2 is 1.90 bits per heavy atom. The maximum absolute atomic E-state index is 14.5. The second-order valence-corrected chi connectivity index (χ2v) is 12.1. The number of ether oxygens (including phenoxy) is 1. The van der Waals surface area contributed by atoms with Crippen molar-refractivity contribution in [1.82, 2.24) is 19.8 Å². The Morgan fingerprint density at radius 3 is 2.63 bits per heavy atom. The molecule has 3 fully saturated rings. The molecule has 3 atom stereocenters. The highest BCUT2D eigenvalue weighted by Gasteiger charge is 2.44. The number of anilines is 2. The molecule has 5 heterocycles. The SMILES string of the molecule is CN1CCC[C@H]1COc1nc2c(c(N3C[C@H]4CC[C@@H](C3)N4C(=O)O)n1)CCN(c1cccc3ccc(F)c(Cl)c13)C2. The average molecular weight is 581 g/mol. The molecule has 1 aromatic heterocycles. The van der Waals surface area contributed by atoms with Gasteiger partial charge in [-0.15, -0.1) is 0 Å². The molecule has 9 nitrogen and oxygen atoms in total. The fraction of sp³-hybridized carbons (Fsp3) is 0.500. The molecular weight excluding hydrogens is 547 g/mol. The van der Waals surface area contributed by atoms with Crippen LogP contribution in [0.5, 0.6) is 6.01 Å². The Bertz CT molecular complexity index is 1490. The number of hydrogen-bond acceptors (Lipinski definition) is 7. The number of fused-ring (bicyclic) bond motifs is 4. The van der Waals surface area contributed by atoms with E-state index in [1.165, 1.54) is 6.07 Å².